The maximum atomic E-state index is 12.9. The molecule has 1 aliphatic carbocycles. The zero-order valence-corrected chi connectivity index (χ0v) is 17.4. The molecule has 1 aliphatic rings. The molecule has 0 saturated heterocycles. The van der Waals surface area contributed by atoms with Gasteiger partial charge in [0.1, 0.15) is 11.4 Å². The molecule has 0 unspecified atom stereocenters. The minimum atomic E-state index is -2.78. The number of carboxylic acid groups (broad SMARTS) is 1. The first kappa shape index (κ1) is 21.9. The number of oxazole rings is 1. The van der Waals surface area contributed by atoms with Crippen LogP contribution in [0.2, 0.25) is 5.02 Å². The highest BCUT2D eigenvalue weighted by atomic mass is 35.5. The van der Waals surface area contributed by atoms with Crippen LogP contribution >= 0.6 is 11.6 Å². The monoisotopic (exact) mass is 465 g/mol. The molecular weight excluding hydrogens is 448 g/mol. The summed E-state index contributed by atoms with van der Waals surface area (Å²) in [5.74, 6) is -1.79. The lowest BCUT2D eigenvalue weighted by Gasteiger charge is -2.21. The summed E-state index contributed by atoms with van der Waals surface area (Å²) in [5, 5.41) is 17.2. The molecule has 168 valence electrons. The summed E-state index contributed by atoms with van der Waals surface area (Å²) in [5.41, 5.74) is 1.14. The number of carbonyl (C=O) groups is 2. The molecule has 3 aromatic rings. The number of hydrogen-bond donors (Lipinski definition) is 1. The number of aromatic nitrogens is 4. The van der Waals surface area contributed by atoms with E-state index in [9.17, 15) is 18.4 Å². The van der Waals surface area contributed by atoms with Gasteiger partial charge < -0.3 is 14.4 Å². The fourth-order valence-corrected chi connectivity index (χ4v) is 3.53. The average molecular weight is 466 g/mol. The summed E-state index contributed by atoms with van der Waals surface area (Å²) in [6.07, 6.45) is 1.48. The molecule has 1 amide bonds. The largest absolute Gasteiger partial charge is 0.478 e. The van der Waals surface area contributed by atoms with E-state index in [1.54, 1.807) is 11.1 Å². The molecular formula is C20H18ClF2N5O4. The van der Waals surface area contributed by atoms with Crippen LogP contribution in [-0.2, 0) is 24.3 Å². The predicted octanol–water partition coefficient (Wildman–Crippen LogP) is 3.34. The van der Waals surface area contributed by atoms with E-state index in [0.29, 0.717) is 11.3 Å². The smallest absolute Gasteiger partial charge is 0.335 e. The Morgan fingerprint density at radius 3 is 2.78 bits per heavy atom. The molecule has 2 heterocycles. The Morgan fingerprint density at radius 2 is 2.12 bits per heavy atom. The first-order valence-corrected chi connectivity index (χ1v) is 10.1. The van der Waals surface area contributed by atoms with Crippen LogP contribution in [0.1, 0.15) is 52.3 Å². The van der Waals surface area contributed by atoms with Crippen molar-refractivity contribution in [3.05, 3.63) is 64.1 Å². The highest BCUT2D eigenvalue weighted by Gasteiger charge is 2.33. The highest BCUT2D eigenvalue weighted by molar-refractivity contribution is 6.31. The van der Waals surface area contributed by atoms with Gasteiger partial charge >= 0.3 is 5.97 Å². The molecule has 1 saturated carbocycles. The van der Waals surface area contributed by atoms with Gasteiger partial charge in [-0.15, -0.1) is 5.10 Å². The Labute approximate surface area is 185 Å². The van der Waals surface area contributed by atoms with Crippen molar-refractivity contribution in [1.82, 2.24) is 24.9 Å². The summed E-state index contributed by atoms with van der Waals surface area (Å²) in [7, 11) is 0. The summed E-state index contributed by atoms with van der Waals surface area (Å²) in [6.45, 7) is 0.168. The second-order valence-electron chi connectivity index (χ2n) is 7.41. The molecule has 12 heteroatoms. The van der Waals surface area contributed by atoms with Crippen LogP contribution < -0.4 is 0 Å². The van der Waals surface area contributed by atoms with Crippen molar-refractivity contribution in [1.29, 1.82) is 0 Å². The third-order valence-corrected chi connectivity index (χ3v) is 5.40. The second kappa shape index (κ2) is 9.03. The topological polar surface area (TPSA) is 114 Å². The molecule has 1 N–H and O–H groups in total. The Bertz CT molecular complexity index is 1140. The number of carbonyl (C=O) groups excluding carboxylic acids is 1. The Balaban J connectivity index is 1.44. The van der Waals surface area contributed by atoms with Gasteiger partial charge in [-0.05, 0) is 30.5 Å². The van der Waals surface area contributed by atoms with Crippen LogP contribution in [0.15, 0.2) is 35.2 Å². The number of hydrogen-bond acceptors (Lipinski definition) is 6. The van der Waals surface area contributed by atoms with Crippen LogP contribution in [-0.4, -0.2) is 47.9 Å². The predicted molar refractivity (Wildman–Crippen MR) is 106 cm³/mol. The molecule has 1 aromatic carbocycles. The molecule has 4 rings (SSSR count). The summed E-state index contributed by atoms with van der Waals surface area (Å²) in [6, 6.07) is 4.33. The van der Waals surface area contributed by atoms with Crippen molar-refractivity contribution in [2.45, 2.75) is 44.8 Å². The maximum Gasteiger partial charge on any atom is 0.335 e. The van der Waals surface area contributed by atoms with Gasteiger partial charge in [0.2, 0.25) is 5.91 Å². The van der Waals surface area contributed by atoms with Gasteiger partial charge in [0, 0.05) is 11.1 Å². The number of amides is 1. The number of rotatable bonds is 9. The second-order valence-corrected chi connectivity index (χ2v) is 7.82. The fraction of sp³-hybridized carbons (Fsp3) is 0.350. The Hall–Kier alpha value is -3.34. The third kappa shape index (κ3) is 4.93. The van der Waals surface area contributed by atoms with Gasteiger partial charge in [0.15, 0.2) is 12.2 Å². The zero-order chi connectivity index (χ0) is 22.8. The molecule has 0 bridgehead atoms. The van der Waals surface area contributed by atoms with Gasteiger partial charge in [-0.2, -0.15) is 0 Å². The standard InChI is InChI=1S/C20H18ClF2N5O4/c21-15-5-12(20(30)31)2-1-11(15)6-17(29)28(14-3-4-14)8-13-7-27(26-25-13)9-16-18(19(22)23)32-10-24-16/h1-2,5,7,10,14,19H,3-4,6,8-9H2,(H,30,31). The quantitative estimate of drug-likeness (QED) is 0.515. The number of alkyl halides is 2. The lowest BCUT2D eigenvalue weighted by molar-refractivity contribution is -0.131. The van der Waals surface area contributed by atoms with Crippen LogP contribution in [0.3, 0.4) is 0 Å². The SMILES string of the molecule is O=C(O)c1ccc(CC(=O)N(Cc2cn(Cc3ncoc3C(F)F)nn2)C2CC2)c(Cl)c1. The molecule has 9 nitrogen and oxygen atoms in total. The van der Waals surface area contributed by atoms with Crippen LogP contribution in [0.25, 0.3) is 0 Å². The van der Waals surface area contributed by atoms with E-state index in [2.05, 4.69) is 15.3 Å². The minimum Gasteiger partial charge on any atom is -0.478 e. The Morgan fingerprint density at radius 1 is 1.34 bits per heavy atom. The van der Waals surface area contributed by atoms with Crippen molar-refractivity contribution in [3.63, 3.8) is 0 Å². The van der Waals surface area contributed by atoms with Crippen LogP contribution in [0.5, 0.6) is 0 Å². The summed E-state index contributed by atoms with van der Waals surface area (Å²) in [4.78, 5) is 29.5. The molecule has 0 spiro atoms. The molecule has 2 aromatic heterocycles. The van der Waals surface area contributed by atoms with Gasteiger partial charge in [-0.1, -0.05) is 22.9 Å². The van der Waals surface area contributed by atoms with Gasteiger partial charge in [0.05, 0.1) is 31.3 Å². The maximum absolute atomic E-state index is 12.9. The van der Waals surface area contributed by atoms with Crippen LogP contribution in [0.4, 0.5) is 8.78 Å². The Kier molecular flexibility index (Phi) is 6.17. The van der Waals surface area contributed by atoms with Gasteiger partial charge in [0.25, 0.3) is 6.43 Å². The van der Waals surface area contributed by atoms with Gasteiger partial charge in [-0.3, -0.25) is 4.79 Å². The van der Waals surface area contributed by atoms with E-state index in [0.717, 1.165) is 19.2 Å². The fourth-order valence-electron chi connectivity index (χ4n) is 3.29. The highest BCUT2D eigenvalue weighted by Crippen LogP contribution is 2.30. The van der Waals surface area contributed by atoms with Crippen molar-refractivity contribution >= 4 is 23.5 Å². The van der Waals surface area contributed by atoms with Crippen molar-refractivity contribution in [2.24, 2.45) is 0 Å². The number of benzene rings is 1. The number of carboxylic acids is 1. The first-order valence-electron chi connectivity index (χ1n) is 9.72. The van der Waals surface area contributed by atoms with E-state index in [1.165, 1.54) is 22.9 Å². The number of aromatic carboxylic acids is 1. The van der Waals surface area contributed by atoms with Gasteiger partial charge in [-0.25, -0.2) is 23.2 Å². The first-order chi connectivity index (χ1) is 15.3. The average Bonchev–Trinajstić information content (AvgIpc) is 3.30. The molecule has 1 fully saturated rings. The zero-order valence-electron chi connectivity index (χ0n) is 16.6. The molecule has 0 atom stereocenters. The lowest BCUT2D eigenvalue weighted by Crippen LogP contribution is -2.34. The summed E-state index contributed by atoms with van der Waals surface area (Å²) < 4.78 is 31.9. The lowest BCUT2D eigenvalue weighted by atomic mass is 10.1. The van der Waals surface area contributed by atoms with E-state index >= 15 is 0 Å². The number of halogens is 3. The molecule has 32 heavy (non-hydrogen) atoms. The summed E-state index contributed by atoms with van der Waals surface area (Å²) >= 11 is 6.16. The van der Waals surface area contributed by atoms with Crippen molar-refractivity contribution in [3.8, 4) is 0 Å². The molecule has 0 aliphatic heterocycles. The van der Waals surface area contributed by atoms with Crippen LogP contribution in [0, 0.1) is 0 Å². The molecule has 0 radical (unpaired) electrons. The van der Waals surface area contributed by atoms with E-state index < -0.39 is 18.2 Å². The van der Waals surface area contributed by atoms with Crippen molar-refractivity contribution < 1.29 is 27.9 Å². The van der Waals surface area contributed by atoms with E-state index in [-0.39, 0.29) is 47.7 Å². The number of nitrogens with zero attached hydrogens (tertiary/aromatic N) is 5. The van der Waals surface area contributed by atoms with E-state index in [4.69, 9.17) is 21.1 Å². The normalized spacial score (nSPS) is 13.5. The minimum absolute atomic E-state index is 0.0139. The third-order valence-electron chi connectivity index (χ3n) is 5.05. The van der Waals surface area contributed by atoms with Crippen molar-refractivity contribution in [2.75, 3.05) is 0 Å². The van der Waals surface area contributed by atoms with E-state index in [1.807, 2.05) is 0 Å².